The molecule has 0 atom stereocenters. The fourth-order valence-electron chi connectivity index (χ4n) is 3.93. The van der Waals surface area contributed by atoms with E-state index in [2.05, 4.69) is 37.5 Å². The van der Waals surface area contributed by atoms with E-state index in [4.69, 9.17) is 0 Å². The van der Waals surface area contributed by atoms with E-state index in [1.807, 2.05) is 48.5 Å². The molecule has 1 saturated heterocycles. The van der Waals surface area contributed by atoms with Gasteiger partial charge in [-0.25, -0.2) is 10.4 Å². The van der Waals surface area contributed by atoms with Gasteiger partial charge in [0.25, 0.3) is 5.56 Å². The van der Waals surface area contributed by atoms with E-state index in [0.717, 1.165) is 25.2 Å². The average Bonchev–Trinajstić information content (AvgIpc) is 3.08. The van der Waals surface area contributed by atoms with Gasteiger partial charge in [0.05, 0.1) is 11.9 Å². The molecular formula is C25H26N6O. The van der Waals surface area contributed by atoms with Crippen molar-refractivity contribution >= 4 is 12.2 Å². The van der Waals surface area contributed by atoms with Gasteiger partial charge in [0.1, 0.15) is 11.6 Å². The Morgan fingerprint density at radius 1 is 1.09 bits per heavy atom. The van der Waals surface area contributed by atoms with Crippen LogP contribution in [-0.4, -0.2) is 34.2 Å². The molecule has 0 unspecified atom stereocenters. The van der Waals surface area contributed by atoms with Crippen molar-refractivity contribution < 1.29 is 0 Å². The van der Waals surface area contributed by atoms with E-state index >= 15 is 0 Å². The standard InChI is InChI=1S/C25H26N6O/c26-16-22-23(21-11-4-3-5-12-21)28-25(29-24(22)32)30-27-17-19-9-8-10-20(15-19)18-31-13-6-1-2-7-14-31/h3-5,8-12,15,17H,1-2,6-7,13-14,18H2,(H2,28,29,30,32). The number of nitriles is 1. The number of H-pyrrole nitrogens is 1. The molecule has 7 nitrogen and oxygen atoms in total. The van der Waals surface area contributed by atoms with Crippen LogP contribution in [0.25, 0.3) is 11.3 Å². The molecule has 1 aliphatic rings. The molecule has 1 aliphatic heterocycles. The van der Waals surface area contributed by atoms with Crippen LogP contribution in [0, 0.1) is 11.3 Å². The van der Waals surface area contributed by atoms with Crippen molar-refractivity contribution in [3.8, 4) is 17.3 Å². The van der Waals surface area contributed by atoms with Crippen molar-refractivity contribution in [2.75, 3.05) is 18.5 Å². The number of nitrogens with zero attached hydrogens (tertiary/aromatic N) is 4. The largest absolute Gasteiger partial charge is 0.299 e. The number of hydrogen-bond donors (Lipinski definition) is 2. The maximum atomic E-state index is 12.3. The van der Waals surface area contributed by atoms with Gasteiger partial charge in [0, 0.05) is 12.1 Å². The van der Waals surface area contributed by atoms with Crippen LogP contribution in [0.5, 0.6) is 0 Å². The second kappa shape index (κ2) is 10.5. The highest BCUT2D eigenvalue weighted by Crippen LogP contribution is 2.19. The molecule has 3 aromatic rings. The van der Waals surface area contributed by atoms with Crippen LogP contribution in [0.1, 0.15) is 42.4 Å². The second-order valence-corrected chi connectivity index (χ2v) is 7.92. The maximum absolute atomic E-state index is 12.3. The quantitative estimate of drug-likeness (QED) is 0.456. The molecule has 32 heavy (non-hydrogen) atoms. The van der Waals surface area contributed by atoms with Crippen LogP contribution in [0.15, 0.2) is 64.5 Å². The summed E-state index contributed by atoms with van der Waals surface area (Å²) in [6.07, 6.45) is 6.89. The fraction of sp³-hybridized carbons (Fsp3) is 0.280. The molecule has 7 heteroatoms. The SMILES string of the molecule is N#Cc1c(-c2ccccc2)nc(NN=Cc2cccc(CN3CCCCCC3)c2)[nH]c1=O. The van der Waals surface area contributed by atoms with Gasteiger partial charge in [0.15, 0.2) is 0 Å². The molecular weight excluding hydrogens is 400 g/mol. The third-order valence-corrected chi connectivity index (χ3v) is 5.52. The van der Waals surface area contributed by atoms with E-state index in [1.165, 1.54) is 31.2 Å². The Morgan fingerprint density at radius 3 is 2.62 bits per heavy atom. The van der Waals surface area contributed by atoms with E-state index in [9.17, 15) is 10.1 Å². The molecule has 0 amide bonds. The number of hydrogen-bond acceptors (Lipinski definition) is 6. The highest BCUT2D eigenvalue weighted by atomic mass is 16.1. The first-order valence-corrected chi connectivity index (χ1v) is 10.9. The van der Waals surface area contributed by atoms with Gasteiger partial charge in [-0.15, -0.1) is 0 Å². The van der Waals surface area contributed by atoms with Gasteiger partial charge in [-0.05, 0) is 43.1 Å². The summed E-state index contributed by atoms with van der Waals surface area (Å²) in [5.41, 5.74) is 5.51. The molecule has 2 heterocycles. The van der Waals surface area contributed by atoms with Crippen LogP contribution in [0.3, 0.4) is 0 Å². The van der Waals surface area contributed by atoms with E-state index in [-0.39, 0.29) is 11.5 Å². The van der Waals surface area contributed by atoms with Gasteiger partial charge in [-0.3, -0.25) is 14.7 Å². The minimum absolute atomic E-state index is 0.0213. The lowest BCUT2D eigenvalue weighted by Gasteiger charge is -2.19. The number of likely N-dealkylation sites (tertiary alicyclic amines) is 1. The van der Waals surface area contributed by atoms with Crippen LogP contribution < -0.4 is 11.0 Å². The van der Waals surface area contributed by atoms with E-state index in [0.29, 0.717) is 11.3 Å². The van der Waals surface area contributed by atoms with Crippen molar-refractivity contribution in [1.82, 2.24) is 14.9 Å². The smallest absolute Gasteiger partial charge is 0.270 e. The van der Waals surface area contributed by atoms with E-state index in [1.54, 1.807) is 6.21 Å². The Balaban J connectivity index is 1.48. The minimum atomic E-state index is -0.501. The first-order chi connectivity index (χ1) is 15.7. The number of aromatic nitrogens is 2. The second-order valence-electron chi connectivity index (χ2n) is 7.92. The zero-order valence-corrected chi connectivity index (χ0v) is 17.9. The summed E-state index contributed by atoms with van der Waals surface area (Å²) in [6, 6.07) is 19.4. The van der Waals surface area contributed by atoms with Crippen molar-refractivity contribution in [2.45, 2.75) is 32.2 Å². The van der Waals surface area contributed by atoms with Gasteiger partial charge in [0.2, 0.25) is 5.95 Å². The first-order valence-electron chi connectivity index (χ1n) is 10.9. The maximum Gasteiger partial charge on any atom is 0.270 e. The zero-order valence-electron chi connectivity index (χ0n) is 17.9. The predicted molar refractivity (Wildman–Crippen MR) is 126 cm³/mol. The van der Waals surface area contributed by atoms with Crippen molar-refractivity contribution in [2.24, 2.45) is 5.10 Å². The average molecular weight is 427 g/mol. The van der Waals surface area contributed by atoms with Gasteiger partial charge in [-0.1, -0.05) is 61.4 Å². The number of benzene rings is 2. The van der Waals surface area contributed by atoms with E-state index < -0.39 is 5.56 Å². The molecule has 162 valence electrons. The summed E-state index contributed by atoms with van der Waals surface area (Å²) in [4.78, 5) is 21.8. The van der Waals surface area contributed by atoms with Crippen molar-refractivity contribution in [1.29, 1.82) is 5.26 Å². The Kier molecular flexibility index (Phi) is 7.05. The summed E-state index contributed by atoms with van der Waals surface area (Å²) in [5.74, 6) is 0.185. The predicted octanol–water partition coefficient (Wildman–Crippen LogP) is 4.13. The van der Waals surface area contributed by atoms with Crippen molar-refractivity contribution in [3.05, 3.63) is 81.6 Å². The number of hydrazone groups is 1. The van der Waals surface area contributed by atoms with Crippen molar-refractivity contribution in [3.63, 3.8) is 0 Å². The zero-order chi connectivity index (χ0) is 22.2. The molecule has 0 bridgehead atoms. The lowest BCUT2D eigenvalue weighted by Crippen LogP contribution is -2.23. The summed E-state index contributed by atoms with van der Waals surface area (Å²) < 4.78 is 0. The molecule has 0 radical (unpaired) electrons. The number of aromatic amines is 1. The number of rotatable bonds is 6. The normalized spacial score (nSPS) is 14.7. The van der Waals surface area contributed by atoms with Gasteiger partial charge < -0.3 is 0 Å². The monoisotopic (exact) mass is 426 g/mol. The highest BCUT2D eigenvalue weighted by Gasteiger charge is 2.13. The molecule has 1 fully saturated rings. The van der Waals surface area contributed by atoms with Crippen LogP contribution in [-0.2, 0) is 6.54 Å². The number of nitrogens with one attached hydrogen (secondary N) is 2. The minimum Gasteiger partial charge on any atom is -0.299 e. The Bertz CT molecular complexity index is 1170. The topological polar surface area (TPSA) is 97.2 Å². The fourth-order valence-corrected chi connectivity index (χ4v) is 3.93. The van der Waals surface area contributed by atoms with Crippen LogP contribution >= 0.6 is 0 Å². The summed E-state index contributed by atoms with van der Waals surface area (Å²) >= 11 is 0. The summed E-state index contributed by atoms with van der Waals surface area (Å²) in [7, 11) is 0. The highest BCUT2D eigenvalue weighted by molar-refractivity contribution is 5.80. The first kappa shape index (κ1) is 21.5. The van der Waals surface area contributed by atoms with Gasteiger partial charge in [-0.2, -0.15) is 10.4 Å². The van der Waals surface area contributed by atoms with Crippen LogP contribution in [0.4, 0.5) is 5.95 Å². The van der Waals surface area contributed by atoms with Crippen LogP contribution in [0.2, 0.25) is 0 Å². The molecule has 1 aromatic heterocycles. The lowest BCUT2D eigenvalue weighted by atomic mass is 10.1. The summed E-state index contributed by atoms with van der Waals surface area (Å²) in [6.45, 7) is 3.25. The molecule has 2 aromatic carbocycles. The third kappa shape index (κ3) is 5.48. The third-order valence-electron chi connectivity index (χ3n) is 5.52. The lowest BCUT2D eigenvalue weighted by molar-refractivity contribution is 0.277. The molecule has 0 saturated carbocycles. The molecule has 0 spiro atoms. The Hall–Kier alpha value is -3.76. The Morgan fingerprint density at radius 2 is 1.88 bits per heavy atom. The molecule has 4 rings (SSSR count). The summed E-state index contributed by atoms with van der Waals surface area (Å²) in [5, 5.41) is 13.6. The Labute approximate surface area is 187 Å². The number of anilines is 1. The molecule has 0 aliphatic carbocycles. The molecule has 2 N–H and O–H groups in total. The van der Waals surface area contributed by atoms with Gasteiger partial charge >= 0.3 is 0 Å².